The molecule has 0 spiro atoms. The van der Waals surface area contributed by atoms with E-state index in [0.29, 0.717) is 16.7 Å². The van der Waals surface area contributed by atoms with Gasteiger partial charge >= 0.3 is 5.63 Å². The number of nitrogens with one attached hydrogen (secondary N) is 1. The van der Waals surface area contributed by atoms with Crippen LogP contribution in [0.5, 0.6) is 5.75 Å². The number of carbonyl (C=O) groups excluding carboxylic acids is 1. The molecule has 158 valence electrons. The summed E-state index contributed by atoms with van der Waals surface area (Å²) in [5.41, 5.74) is -0.212. The van der Waals surface area contributed by atoms with Crippen molar-refractivity contribution in [3.05, 3.63) is 64.4 Å². The summed E-state index contributed by atoms with van der Waals surface area (Å²) in [5, 5.41) is 3.67. The molecule has 2 aromatic heterocycles. The van der Waals surface area contributed by atoms with Crippen LogP contribution in [0.1, 0.15) is 42.8 Å². The van der Waals surface area contributed by atoms with Gasteiger partial charge in [0.1, 0.15) is 22.7 Å². The Bertz CT molecular complexity index is 1060. The molecule has 0 bridgehead atoms. The van der Waals surface area contributed by atoms with Gasteiger partial charge in [-0.05, 0) is 57.0 Å². The smallest absolute Gasteiger partial charge is 0.349 e. The zero-order chi connectivity index (χ0) is 21.1. The summed E-state index contributed by atoms with van der Waals surface area (Å²) >= 11 is 0. The van der Waals surface area contributed by atoms with Crippen molar-refractivity contribution in [2.24, 2.45) is 0 Å². The van der Waals surface area contributed by atoms with Gasteiger partial charge in [-0.25, -0.2) is 4.79 Å². The minimum absolute atomic E-state index is 0.0183. The largest absolute Gasteiger partial charge is 0.491 e. The topological polar surface area (TPSA) is 84.9 Å². The van der Waals surface area contributed by atoms with Gasteiger partial charge < -0.3 is 18.9 Å². The number of furan rings is 1. The third kappa shape index (κ3) is 4.74. The quantitative estimate of drug-likeness (QED) is 0.626. The number of nitrogens with zero attached hydrogens (tertiary/aromatic N) is 1. The van der Waals surface area contributed by atoms with E-state index in [-0.39, 0.29) is 17.7 Å². The minimum Gasteiger partial charge on any atom is -0.491 e. The van der Waals surface area contributed by atoms with Gasteiger partial charge in [-0.3, -0.25) is 9.69 Å². The number of hydrogen-bond acceptors (Lipinski definition) is 6. The molecular formula is C23H26N2O5. The molecule has 0 radical (unpaired) electrons. The van der Waals surface area contributed by atoms with E-state index in [4.69, 9.17) is 13.6 Å². The normalized spacial score (nSPS) is 15.6. The van der Waals surface area contributed by atoms with Crippen molar-refractivity contribution in [1.29, 1.82) is 0 Å². The molecule has 0 aliphatic carbocycles. The fraction of sp³-hybridized carbons (Fsp3) is 0.391. The third-order valence-corrected chi connectivity index (χ3v) is 5.21. The van der Waals surface area contributed by atoms with Crippen LogP contribution in [-0.2, 0) is 6.54 Å². The van der Waals surface area contributed by atoms with Crippen LogP contribution >= 0.6 is 0 Å². The van der Waals surface area contributed by atoms with Gasteiger partial charge in [0.25, 0.3) is 5.91 Å². The van der Waals surface area contributed by atoms with Gasteiger partial charge in [-0.1, -0.05) is 0 Å². The van der Waals surface area contributed by atoms with E-state index < -0.39 is 11.5 Å². The van der Waals surface area contributed by atoms with Crippen LogP contribution in [0.15, 0.2) is 56.3 Å². The monoisotopic (exact) mass is 410 g/mol. The Morgan fingerprint density at radius 2 is 2.03 bits per heavy atom. The Balaban J connectivity index is 1.39. The second-order valence-corrected chi connectivity index (χ2v) is 7.92. The molecular weight excluding hydrogens is 384 g/mol. The number of rotatable bonds is 6. The van der Waals surface area contributed by atoms with Gasteiger partial charge in [-0.2, -0.15) is 0 Å². The zero-order valence-corrected chi connectivity index (χ0v) is 17.2. The van der Waals surface area contributed by atoms with Crippen LogP contribution in [0.2, 0.25) is 0 Å². The highest BCUT2D eigenvalue weighted by molar-refractivity contribution is 5.96. The number of fused-ring (bicyclic) bond motifs is 1. The average molecular weight is 410 g/mol. The average Bonchev–Trinajstić information content (AvgIpc) is 3.21. The minimum atomic E-state index is -0.642. The lowest BCUT2D eigenvalue weighted by molar-refractivity contribution is 0.0903. The fourth-order valence-electron chi connectivity index (χ4n) is 3.72. The maximum absolute atomic E-state index is 12.7. The van der Waals surface area contributed by atoms with Crippen molar-refractivity contribution in [1.82, 2.24) is 10.2 Å². The highest BCUT2D eigenvalue weighted by Gasteiger charge is 2.23. The van der Waals surface area contributed by atoms with Crippen molar-refractivity contribution in [3.63, 3.8) is 0 Å². The standard InChI is InChI=1S/C23H26N2O5/c1-15(2)29-18-6-5-16-12-20(23(27)30-21(16)13-18)22(26)24-17-7-9-25(10-8-17)14-19-4-3-11-28-19/h3-6,11-13,15,17H,7-10,14H2,1-2H3,(H,24,26). The van der Waals surface area contributed by atoms with E-state index in [2.05, 4.69) is 10.2 Å². The first kappa shape index (κ1) is 20.2. The van der Waals surface area contributed by atoms with Gasteiger partial charge in [0.05, 0.1) is 18.9 Å². The van der Waals surface area contributed by atoms with E-state index in [0.717, 1.165) is 38.2 Å². The molecule has 30 heavy (non-hydrogen) atoms. The van der Waals surface area contributed by atoms with Gasteiger partial charge in [0.2, 0.25) is 0 Å². The number of carbonyl (C=O) groups is 1. The number of amides is 1. The van der Waals surface area contributed by atoms with Crippen molar-refractivity contribution in [3.8, 4) is 5.75 Å². The molecule has 1 saturated heterocycles. The van der Waals surface area contributed by atoms with Crippen molar-refractivity contribution in [2.45, 2.75) is 45.4 Å². The summed E-state index contributed by atoms with van der Waals surface area (Å²) in [6.07, 6.45) is 3.34. The number of ether oxygens (including phenoxy) is 1. The Morgan fingerprint density at radius 3 is 2.73 bits per heavy atom. The van der Waals surface area contributed by atoms with E-state index >= 15 is 0 Å². The molecule has 1 aromatic carbocycles. The van der Waals surface area contributed by atoms with E-state index in [9.17, 15) is 9.59 Å². The summed E-state index contributed by atoms with van der Waals surface area (Å²) in [4.78, 5) is 27.4. The molecule has 1 amide bonds. The van der Waals surface area contributed by atoms with Crippen LogP contribution in [0, 0.1) is 0 Å². The lowest BCUT2D eigenvalue weighted by Gasteiger charge is -2.31. The summed E-state index contributed by atoms with van der Waals surface area (Å²) < 4.78 is 16.4. The first-order valence-electron chi connectivity index (χ1n) is 10.3. The molecule has 4 rings (SSSR count). The highest BCUT2D eigenvalue weighted by atomic mass is 16.5. The molecule has 0 atom stereocenters. The number of piperidine rings is 1. The van der Waals surface area contributed by atoms with Gasteiger partial charge in [0, 0.05) is 30.6 Å². The lowest BCUT2D eigenvalue weighted by atomic mass is 10.0. The predicted molar refractivity (Wildman–Crippen MR) is 113 cm³/mol. The number of likely N-dealkylation sites (tertiary alicyclic amines) is 1. The number of benzene rings is 1. The molecule has 7 nitrogen and oxygen atoms in total. The predicted octanol–water partition coefficient (Wildman–Crippen LogP) is 3.57. The molecule has 7 heteroatoms. The second-order valence-electron chi connectivity index (χ2n) is 7.92. The summed E-state index contributed by atoms with van der Waals surface area (Å²) in [6, 6.07) is 10.7. The molecule has 1 aliphatic heterocycles. The van der Waals surface area contributed by atoms with Crippen molar-refractivity contribution in [2.75, 3.05) is 13.1 Å². The van der Waals surface area contributed by atoms with E-state index in [1.54, 1.807) is 30.5 Å². The molecule has 3 aromatic rings. The Morgan fingerprint density at radius 1 is 1.23 bits per heavy atom. The third-order valence-electron chi connectivity index (χ3n) is 5.21. The molecule has 0 saturated carbocycles. The van der Waals surface area contributed by atoms with Crippen LogP contribution in [-0.4, -0.2) is 36.0 Å². The van der Waals surface area contributed by atoms with E-state index in [1.165, 1.54) is 0 Å². The highest BCUT2D eigenvalue weighted by Crippen LogP contribution is 2.22. The molecule has 1 aliphatic rings. The molecule has 3 heterocycles. The van der Waals surface area contributed by atoms with Crippen LogP contribution in [0.25, 0.3) is 11.0 Å². The maximum atomic E-state index is 12.7. The van der Waals surface area contributed by atoms with Crippen molar-refractivity contribution >= 4 is 16.9 Å². The summed E-state index contributed by atoms with van der Waals surface area (Å²) in [7, 11) is 0. The SMILES string of the molecule is CC(C)Oc1ccc2cc(C(=O)NC3CCN(Cc4ccco4)CC3)c(=O)oc2c1. The first-order chi connectivity index (χ1) is 14.5. The van der Waals surface area contributed by atoms with Crippen LogP contribution in [0.3, 0.4) is 0 Å². The molecule has 1 N–H and O–H groups in total. The fourth-order valence-corrected chi connectivity index (χ4v) is 3.72. The Labute approximate surface area is 174 Å². The summed E-state index contributed by atoms with van der Waals surface area (Å²) in [5.74, 6) is 1.17. The summed E-state index contributed by atoms with van der Waals surface area (Å²) in [6.45, 7) is 6.34. The molecule has 1 fully saturated rings. The number of hydrogen-bond donors (Lipinski definition) is 1. The van der Waals surface area contributed by atoms with Crippen LogP contribution in [0.4, 0.5) is 0 Å². The molecule has 0 unspecified atom stereocenters. The van der Waals surface area contributed by atoms with Gasteiger partial charge in [0.15, 0.2) is 0 Å². The second kappa shape index (κ2) is 8.75. The zero-order valence-electron chi connectivity index (χ0n) is 17.2. The first-order valence-corrected chi connectivity index (χ1v) is 10.3. The maximum Gasteiger partial charge on any atom is 0.349 e. The van der Waals surface area contributed by atoms with E-state index in [1.807, 2.05) is 26.0 Å². The Kier molecular flexibility index (Phi) is 5.90. The van der Waals surface area contributed by atoms with Crippen LogP contribution < -0.4 is 15.7 Å². The Hall–Kier alpha value is -3.06. The van der Waals surface area contributed by atoms with Crippen molar-refractivity contribution < 1.29 is 18.4 Å². The lowest BCUT2D eigenvalue weighted by Crippen LogP contribution is -2.45. The van der Waals surface area contributed by atoms with Gasteiger partial charge in [-0.15, -0.1) is 0 Å².